The molecule has 0 spiro atoms. The Kier molecular flexibility index (Phi) is 3.15. The van der Waals surface area contributed by atoms with Crippen LogP contribution in [0.15, 0.2) is 42.5 Å². The molecule has 0 atom stereocenters. The standard InChI is InChI=1S/C15H16N2/c1-11-14(16)10-9-13(15(11)17)8-7-12-5-3-2-4-6-12/h2-10H,16-17H2,1H3. The molecule has 2 aromatic carbocycles. The van der Waals surface area contributed by atoms with E-state index in [0.29, 0.717) is 0 Å². The van der Waals surface area contributed by atoms with Gasteiger partial charge in [-0.05, 0) is 29.7 Å². The Morgan fingerprint density at radius 1 is 0.882 bits per heavy atom. The van der Waals surface area contributed by atoms with Crippen molar-refractivity contribution in [3.63, 3.8) is 0 Å². The van der Waals surface area contributed by atoms with Crippen molar-refractivity contribution in [2.45, 2.75) is 6.92 Å². The van der Waals surface area contributed by atoms with Gasteiger partial charge in [0.15, 0.2) is 0 Å². The van der Waals surface area contributed by atoms with E-state index in [4.69, 9.17) is 11.5 Å². The maximum atomic E-state index is 6.02. The van der Waals surface area contributed by atoms with Crippen molar-refractivity contribution >= 4 is 23.5 Å². The average molecular weight is 224 g/mol. The molecule has 2 nitrogen and oxygen atoms in total. The number of hydrogen-bond donors (Lipinski definition) is 2. The van der Waals surface area contributed by atoms with Crippen molar-refractivity contribution in [1.82, 2.24) is 0 Å². The van der Waals surface area contributed by atoms with Crippen LogP contribution in [0.5, 0.6) is 0 Å². The van der Waals surface area contributed by atoms with Crippen LogP contribution in [0.3, 0.4) is 0 Å². The number of anilines is 2. The predicted molar refractivity (Wildman–Crippen MR) is 75.4 cm³/mol. The SMILES string of the molecule is Cc1c(N)ccc(C=Cc2ccccc2)c1N. The molecule has 0 amide bonds. The summed E-state index contributed by atoms with van der Waals surface area (Å²) in [5.74, 6) is 0. The van der Waals surface area contributed by atoms with Gasteiger partial charge in [-0.2, -0.15) is 0 Å². The fraction of sp³-hybridized carbons (Fsp3) is 0.0667. The zero-order chi connectivity index (χ0) is 12.3. The van der Waals surface area contributed by atoms with Crippen molar-refractivity contribution in [2.75, 3.05) is 11.5 Å². The molecule has 0 saturated carbocycles. The summed E-state index contributed by atoms with van der Waals surface area (Å²) in [6, 6.07) is 14.0. The highest BCUT2D eigenvalue weighted by molar-refractivity contribution is 5.79. The Bertz CT molecular complexity index is 542. The molecule has 0 aliphatic rings. The van der Waals surface area contributed by atoms with Crippen LogP contribution in [-0.4, -0.2) is 0 Å². The van der Waals surface area contributed by atoms with Crippen molar-refractivity contribution in [3.8, 4) is 0 Å². The molecule has 0 aromatic heterocycles. The van der Waals surface area contributed by atoms with Gasteiger partial charge in [0.25, 0.3) is 0 Å². The molecule has 0 bridgehead atoms. The van der Waals surface area contributed by atoms with E-state index in [2.05, 4.69) is 12.1 Å². The van der Waals surface area contributed by atoms with Gasteiger partial charge in [-0.15, -0.1) is 0 Å². The van der Waals surface area contributed by atoms with E-state index in [0.717, 1.165) is 28.1 Å². The summed E-state index contributed by atoms with van der Waals surface area (Å²) < 4.78 is 0. The van der Waals surface area contributed by atoms with E-state index >= 15 is 0 Å². The molecule has 0 aliphatic carbocycles. The third-order valence-corrected chi connectivity index (χ3v) is 2.85. The van der Waals surface area contributed by atoms with Crippen LogP contribution in [0.2, 0.25) is 0 Å². The van der Waals surface area contributed by atoms with E-state index in [-0.39, 0.29) is 0 Å². The Morgan fingerprint density at radius 3 is 2.29 bits per heavy atom. The molecule has 86 valence electrons. The van der Waals surface area contributed by atoms with Crippen molar-refractivity contribution in [3.05, 3.63) is 59.2 Å². The second-order valence-electron chi connectivity index (χ2n) is 4.03. The van der Waals surface area contributed by atoms with Crippen molar-refractivity contribution in [1.29, 1.82) is 0 Å². The minimum absolute atomic E-state index is 0.736. The minimum atomic E-state index is 0.736. The maximum Gasteiger partial charge on any atom is 0.0438 e. The largest absolute Gasteiger partial charge is 0.398 e. The quantitative estimate of drug-likeness (QED) is 0.607. The maximum absolute atomic E-state index is 6.02. The van der Waals surface area contributed by atoms with E-state index < -0.39 is 0 Å². The highest BCUT2D eigenvalue weighted by Crippen LogP contribution is 2.24. The lowest BCUT2D eigenvalue weighted by Crippen LogP contribution is -1.97. The molecule has 2 aromatic rings. The summed E-state index contributed by atoms with van der Waals surface area (Å²) in [4.78, 5) is 0. The van der Waals surface area contributed by atoms with Crippen LogP contribution in [-0.2, 0) is 0 Å². The van der Waals surface area contributed by atoms with Crippen LogP contribution >= 0.6 is 0 Å². The number of nitrogen functional groups attached to an aromatic ring is 2. The van der Waals surface area contributed by atoms with Gasteiger partial charge in [0, 0.05) is 11.4 Å². The number of rotatable bonds is 2. The van der Waals surface area contributed by atoms with Gasteiger partial charge in [-0.25, -0.2) is 0 Å². The van der Waals surface area contributed by atoms with Crippen LogP contribution in [0, 0.1) is 6.92 Å². The van der Waals surface area contributed by atoms with Gasteiger partial charge in [0.1, 0.15) is 0 Å². The molecular weight excluding hydrogens is 208 g/mol. The molecule has 4 N–H and O–H groups in total. The summed E-state index contributed by atoms with van der Waals surface area (Å²) in [6.45, 7) is 1.94. The number of benzene rings is 2. The third kappa shape index (κ3) is 2.48. The molecule has 0 radical (unpaired) electrons. The third-order valence-electron chi connectivity index (χ3n) is 2.85. The number of hydrogen-bond acceptors (Lipinski definition) is 2. The molecule has 0 saturated heterocycles. The summed E-state index contributed by atoms with van der Waals surface area (Å²) in [5, 5.41) is 0. The van der Waals surface area contributed by atoms with Crippen molar-refractivity contribution < 1.29 is 0 Å². The molecule has 0 aliphatic heterocycles. The van der Waals surface area contributed by atoms with E-state index in [1.165, 1.54) is 0 Å². The highest BCUT2D eigenvalue weighted by Gasteiger charge is 2.01. The monoisotopic (exact) mass is 224 g/mol. The van der Waals surface area contributed by atoms with Gasteiger partial charge in [0.2, 0.25) is 0 Å². The fourth-order valence-electron chi connectivity index (χ4n) is 1.66. The second-order valence-corrected chi connectivity index (χ2v) is 4.03. The molecule has 0 unspecified atom stereocenters. The van der Waals surface area contributed by atoms with Gasteiger partial charge < -0.3 is 11.5 Å². The van der Waals surface area contributed by atoms with Crippen LogP contribution in [0.1, 0.15) is 16.7 Å². The predicted octanol–water partition coefficient (Wildman–Crippen LogP) is 3.33. The van der Waals surface area contributed by atoms with Gasteiger partial charge >= 0.3 is 0 Å². The lowest BCUT2D eigenvalue weighted by Gasteiger charge is -2.07. The second kappa shape index (κ2) is 4.74. The first-order chi connectivity index (χ1) is 8.18. The average Bonchev–Trinajstić information content (AvgIpc) is 2.36. The van der Waals surface area contributed by atoms with Gasteiger partial charge in [-0.1, -0.05) is 48.6 Å². The zero-order valence-corrected chi connectivity index (χ0v) is 9.85. The first kappa shape index (κ1) is 11.3. The van der Waals surface area contributed by atoms with Crippen LogP contribution in [0.25, 0.3) is 12.2 Å². The first-order valence-electron chi connectivity index (χ1n) is 5.56. The molecular formula is C15H16N2. The van der Waals surface area contributed by atoms with Crippen molar-refractivity contribution in [2.24, 2.45) is 0 Å². The lowest BCUT2D eigenvalue weighted by molar-refractivity contribution is 1.46. The summed E-state index contributed by atoms with van der Waals surface area (Å²) in [7, 11) is 0. The van der Waals surface area contributed by atoms with E-state index in [1.54, 1.807) is 0 Å². The van der Waals surface area contributed by atoms with E-state index in [1.807, 2.05) is 49.4 Å². The van der Waals surface area contributed by atoms with E-state index in [9.17, 15) is 0 Å². The summed E-state index contributed by atoms with van der Waals surface area (Å²) in [6.07, 6.45) is 4.05. The lowest BCUT2D eigenvalue weighted by atomic mass is 10.1. The molecule has 2 heteroatoms. The topological polar surface area (TPSA) is 52.0 Å². The molecule has 0 fully saturated rings. The fourth-order valence-corrected chi connectivity index (χ4v) is 1.66. The Hall–Kier alpha value is -2.22. The summed E-state index contributed by atoms with van der Waals surface area (Å²) >= 11 is 0. The van der Waals surface area contributed by atoms with Gasteiger partial charge in [0.05, 0.1) is 0 Å². The van der Waals surface area contributed by atoms with Crippen LogP contribution < -0.4 is 11.5 Å². The number of nitrogens with two attached hydrogens (primary N) is 2. The smallest absolute Gasteiger partial charge is 0.0438 e. The Morgan fingerprint density at radius 2 is 1.59 bits per heavy atom. The Balaban J connectivity index is 2.31. The first-order valence-corrected chi connectivity index (χ1v) is 5.56. The molecule has 0 heterocycles. The molecule has 2 rings (SSSR count). The highest BCUT2D eigenvalue weighted by atomic mass is 14.6. The Labute approximate surface area is 102 Å². The normalized spacial score (nSPS) is 10.9. The zero-order valence-electron chi connectivity index (χ0n) is 9.85. The minimum Gasteiger partial charge on any atom is -0.398 e. The summed E-state index contributed by atoms with van der Waals surface area (Å²) in [5.41, 5.74) is 16.4. The van der Waals surface area contributed by atoms with Crippen LogP contribution in [0.4, 0.5) is 11.4 Å². The molecule has 17 heavy (non-hydrogen) atoms. The van der Waals surface area contributed by atoms with Gasteiger partial charge in [-0.3, -0.25) is 0 Å².